The highest BCUT2D eigenvalue weighted by Crippen LogP contribution is 2.15. The fourth-order valence-corrected chi connectivity index (χ4v) is 2.65. The zero-order valence-corrected chi connectivity index (χ0v) is 12.3. The fourth-order valence-electron chi connectivity index (χ4n) is 1.23. The van der Waals surface area contributed by atoms with Crippen molar-refractivity contribution < 1.29 is 13.2 Å². The molecule has 1 aromatic rings. The number of halogens is 1. The summed E-state index contributed by atoms with van der Waals surface area (Å²) in [6.07, 6.45) is 0. The van der Waals surface area contributed by atoms with Crippen LogP contribution in [0.25, 0.3) is 0 Å². The van der Waals surface area contributed by atoms with Crippen molar-refractivity contribution in [2.75, 3.05) is 17.6 Å². The zero-order valence-electron chi connectivity index (χ0n) is 9.89. The maximum absolute atomic E-state index is 11.7. The third-order valence-corrected chi connectivity index (χ3v) is 4.96. The van der Waals surface area contributed by atoms with E-state index in [-0.39, 0.29) is 6.54 Å². The second-order valence-electron chi connectivity index (χ2n) is 3.91. The summed E-state index contributed by atoms with van der Waals surface area (Å²) in [6, 6.07) is 6.93. The number of hydrogen-bond donors (Lipinski definition) is 2. The Balaban J connectivity index is 2.68. The third-order valence-electron chi connectivity index (χ3n) is 2.39. The van der Waals surface area contributed by atoms with Gasteiger partial charge in [0.25, 0.3) is 0 Å². The van der Waals surface area contributed by atoms with E-state index in [1.807, 2.05) is 6.07 Å². The predicted octanol–water partition coefficient (Wildman–Crippen LogP) is 1.15. The van der Waals surface area contributed by atoms with Crippen LogP contribution in [-0.2, 0) is 14.6 Å². The van der Waals surface area contributed by atoms with Gasteiger partial charge in [-0.05, 0) is 25.1 Å². The van der Waals surface area contributed by atoms with Gasteiger partial charge in [-0.1, -0.05) is 22.0 Å². The first kappa shape index (κ1) is 15.1. The Morgan fingerprint density at radius 2 is 2.17 bits per heavy atom. The molecule has 0 spiro atoms. The van der Waals surface area contributed by atoms with E-state index in [0.29, 0.717) is 5.69 Å². The Morgan fingerprint density at radius 1 is 1.50 bits per heavy atom. The van der Waals surface area contributed by atoms with E-state index in [1.54, 1.807) is 18.2 Å². The number of nitrogens with two attached hydrogens (primary N) is 1. The van der Waals surface area contributed by atoms with Gasteiger partial charge in [-0.15, -0.1) is 0 Å². The normalized spacial score (nSPS) is 13.1. The van der Waals surface area contributed by atoms with Crippen LogP contribution in [0, 0.1) is 0 Å². The second kappa shape index (κ2) is 6.31. The van der Waals surface area contributed by atoms with Gasteiger partial charge in [0.05, 0.1) is 5.25 Å². The van der Waals surface area contributed by atoms with Crippen LogP contribution < -0.4 is 11.1 Å². The first-order chi connectivity index (χ1) is 8.35. The van der Waals surface area contributed by atoms with Crippen LogP contribution >= 0.6 is 15.9 Å². The van der Waals surface area contributed by atoms with Crippen LogP contribution in [0.4, 0.5) is 5.69 Å². The standard InChI is InChI=1S/C11H15BrN2O3S/c1-8(6-13)18(16,17)7-11(15)14-10-4-2-3-9(12)5-10/h2-5,8H,6-7,13H2,1H3,(H,14,15). The lowest BCUT2D eigenvalue weighted by molar-refractivity contribution is -0.113. The highest BCUT2D eigenvalue weighted by molar-refractivity contribution is 9.10. The average molecular weight is 335 g/mol. The number of carbonyl (C=O) groups excluding carboxylic acids is 1. The van der Waals surface area contributed by atoms with Crippen molar-refractivity contribution in [1.29, 1.82) is 0 Å². The summed E-state index contributed by atoms with van der Waals surface area (Å²) in [5.74, 6) is -1.12. The molecule has 0 bridgehead atoms. The molecule has 5 nitrogen and oxygen atoms in total. The van der Waals surface area contributed by atoms with Crippen LogP contribution in [0.5, 0.6) is 0 Å². The van der Waals surface area contributed by atoms with Crippen LogP contribution in [0.3, 0.4) is 0 Å². The summed E-state index contributed by atoms with van der Waals surface area (Å²) < 4.78 is 24.2. The van der Waals surface area contributed by atoms with E-state index in [9.17, 15) is 13.2 Å². The number of amides is 1. The van der Waals surface area contributed by atoms with Gasteiger partial charge in [0.15, 0.2) is 9.84 Å². The molecule has 0 fully saturated rings. The van der Waals surface area contributed by atoms with Gasteiger partial charge in [0.2, 0.25) is 5.91 Å². The lowest BCUT2D eigenvalue weighted by Crippen LogP contribution is -2.33. The molecule has 18 heavy (non-hydrogen) atoms. The van der Waals surface area contributed by atoms with E-state index < -0.39 is 26.7 Å². The van der Waals surface area contributed by atoms with E-state index in [0.717, 1.165) is 4.47 Å². The number of nitrogens with one attached hydrogen (secondary N) is 1. The number of anilines is 1. The molecule has 0 aliphatic carbocycles. The first-order valence-electron chi connectivity index (χ1n) is 5.32. The summed E-state index contributed by atoms with van der Waals surface area (Å²) in [6.45, 7) is 1.49. The summed E-state index contributed by atoms with van der Waals surface area (Å²) in [5, 5.41) is 1.81. The Bertz CT molecular complexity index is 531. The van der Waals surface area contributed by atoms with E-state index >= 15 is 0 Å². The molecule has 0 saturated heterocycles. The van der Waals surface area contributed by atoms with Gasteiger partial charge in [-0.25, -0.2) is 8.42 Å². The number of rotatable bonds is 5. The van der Waals surface area contributed by atoms with Crippen molar-refractivity contribution >= 4 is 37.4 Å². The highest BCUT2D eigenvalue weighted by atomic mass is 79.9. The fraction of sp³-hybridized carbons (Fsp3) is 0.364. The molecule has 0 radical (unpaired) electrons. The Morgan fingerprint density at radius 3 is 2.72 bits per heavy atom. The topological polar surface area (TPSA) is 89.3 Å². The highest BCUT2D eigenvalue weighted by Gasteiger charge is 2.23. The van der Waals surface area contributed by atoms with Gasteiger partial charge in [-0.2, -0.15) is 0 Å². The molecular weight excluding hydrogens is 320 g/mol. The molecule has 0 aromatic heterocycles. The van der Waals surface area contributed by atoms with E-state index in [2.05, 4.69) is 21.2 Å². The predicted molar refractivity (Wildman–Crippen MR) is 75.1 cm³/mol. The van der Waals surface area contributed by atoms with Crippen LogP contribution in [0.2, 0.25) is 0 Å². The maximum atomic E-state index is 11.7. The van der Waals surface area contributed by atoms with Crippen molar-refractivity contribution in [2.45, 2.75) is 12.2 Å². The zero-order chi connectivity index (χ0) is 13.8. The minimum absolute atomic E-state index is 0.00645. The quantitative estimate of drug-likeness (QED) is 0.845. The Hall–Kier alpha value is -0.920. The molecule has 1 unspecified atom stereocenters. The molecular formula is C11H15BrN2O3S. The van der Waals surface area contributed by atoms with Crippen molar-refractivity contribution in [3.8, 4) is 0 Å². The number of hydrogen-bond acceptors (Lipinski definition) is 4. The SMILES string of the molecule is CC(CN)S(=O)(=O)CC(=O)Nc1cccc(Br)c1. The van der Waals surface area contributed by atoms with Crippen LogP contribution in [-0.4, -0.2) is 31.9 Å². The molecule has 1 amide bonds. The summed E-state index contributed by atoms with van der Waals surface area (Å²) in [7, 11) is -3.49. The van der Waals surface area contributed by atoms with E-state index in [4.69, 9.17) is 5.73 Å². The molecule has 0 aliphatic rings. The molecule has 0 aliphatic heterocycles. The minimum atomic E-state index is -3.49. The lowest BCUT2D eigenvalue weighted by Gasteiger charge is -2.10. The molecule has 1 atom stereocenters. The monoisotopic (exact) mass is 334 g/mol. The third kappa shape index (κ3) is 4.40. The van der Waals surface area contributed by atoms with Gasteiger partial charge in [-0.3, -0.25) is 4.79 Å². The van der Waals surface area contributed by atoms with Gasteiger partial charge >= 0.3 is 0 Å². The molecule has 100 valence electrons. The Labute approximate surface area is 115 Å². The number of carbonyl (C=O) groups is 1. The largest absolute Gasteiger partial charge is 0.329 e. The van der Waals surface area contributed by atoms with Crippen molar-refractivity contribution in [2.24, 2.45) is 5.73 Å². The molecule has 0 heterocycles. The Kier molecular flexibility index (Phi) is 5.30. The molecule has 1 aromatic carbocycles. The summed E-state index contributed by atoms with van der Waals surface area (Å²) in [5.41, 5.74) is 5.84. The maximum Gasteiger partial charge on any atom is 0.239 e. The van der Waals surface area contributed by atoms with Gasteiger partial charge in [0, 0.05) is 16.7 Å². The van der Waals surface area contributed by atoms with Crippen molar-refractivity contribution in [1.82, 2.24) is 0 Å². The second-order valence-corrected chi connectivity index (χ2v) is 7.25. The minimum Gasteiger partial charge on any atom is -0.329 e. The van der Waals surface area contributed by atoms with Gasteiger partial charge in [0.1, 0.15) is 5.75 Å². The molecule has 7 heteroatoms. The van der Waals surface area contributed by atoms with E-state index in [1.165, 1.54) is 6.92 Å². The molecule has 1 rings (SSSR count). The van der Waals surface area contributed by atoms with Crippen LogP contribution in [0.1, 0.15) is 6.92 Å². The summed E-state index contributed by atoms with van der Waals surface area (Å²) >= 11 is 3.26. The molecule has 3 N–H and O–H groups in total. The van der Waals surface area contributed by atoms with Crippen LogP contribution in [0.15, 0.2) is 28.7 Å². The summed E-state index contributed by atoms with van der Waals surface area (Å²) in [4.78, 5) is 11.6. The lowest BCUT2D eigenvalue weighted by atomic mass is 10.3. The average Bonchev–Trinajstić information content (AvgIpc) is 2.26. The van der Waals surface area contributed by atoms with Crippen molar-refractivity contribution in [3.05, 3.63) is 28.7 Å². The number of sulfone groups is 1. The number of benzene rings is 1. The van der Waals surface area contributed by atoms with Crippen molar-refractivity contribution in [3.63, 3.8) is 0 Å². The molecule has 0 saturated carbocycles. The van der Waals surface area contributed by atoms with Gasteiger partial charge < -0.3 is 11.1 Å². The smallest absolute Gasteiger partial charge is 0.239 e. The first-order valence-corrected chi connectivity index (χ1v) is 7.83.